The fraction of sp³-hybridized carbons (Fsp3) is 0.500. The highest BCUT2D eigenvalue weighted by atomic mass is 19.1. The van der Waals surface area contributed by atoms with Crippen molar-refractivity contribution in [3.63, 3.8) is 0 Å². The van der Waals surface area contributed by atoms with E-state index in [0.717, 1.165) is 41.5 Å². The van der Waals surface area contributed by atoms with Gasteiger partial charge in [-0.3, -0.25) is 14.5 Å². The van der Waals surface area contributed by atoms with Gasteiger partial charge < -0.3 is 25.0 Å². The van der Waals surface area contributed by atoms with Crippen LogP contribution in [0.25, 0.3) is 0 Å². The quantitative estimate of drug-likeness (QED) is 0.240. The second-order valence-corrected chi connectivity index (χ2v) is 15.6. The van der Waals surface area contributed by atoms with Crippen LogP contribution in [0.15, 0.2) is 72.8 Å². The summed E-state index contributed by atoms with van der Waals surface area (Å²) in [6, 6.07) is 23.9. The Bertz CT molecular complexity index is 1690. The summed E-state index contributed by atoms with van der Waals surface area (Å²) in [5.41, 5.74) is 1.19. The molecule has 8 rings (SSSR count). The van der Waals surface area contributed by atoms with E-state index in [0.29, 0.717) is 50.0 Å². The number of hydrogen-bond donors (Lipinski definition) is 3. The highest BCUT2D eigenvalue weighted by Crippen LogP contribution is 2.67. The molecule has 2 bridgehead atoms. The molecule has 3 aromatic carbocycles. The number of benzene rings is 3. The number of alkyl halides is 1. The van der Waals surface area contributed by atoms with Gasteiger partial charge >= 0.3 is 11.9 Å². The molecule has 2 aliphatic heterocycles. The Balaban J connectivity index is 0.000000491. The summed E-state index contributed by atoms with van der Waals surface area (Å²) in [5.74, 6) is -0.276. The van der Waals surface area contributed by atoms with Crippen molar-refractivity contribution in [3.05, 3.63) is 95.1 Å². The second kappa shape index (κ2) is 12.7. The third kappa shape index (κ3) is 5.78. The van der Waals surface area contributed by atoms with Gasteiger partial charge in [-0.15, -0.1) is 0 Å². The Morgan fingerprint density at radius 1 is 0.959 bits per heavy atom. The van der Waals surface area contributed by atoms with Gasteiger partial charge in [-0.2, -0.15) is 0 Å². The maximum Gasteiger partial charge on any atom is 0.324 e. The molecule has 3 aliphatic carbocycles. The van der Waals surface area contributed by atoms with E-state index in [1.807, 2.05) is 65.6 Å². The first-order valence-corrected chi connectivity index (χ1v) is 17.6. The van der Waals surface area contributed by atoms with Crippen LogP contribution in [0, 0.1) is 17.3 Å². The number of hydrogen-bond acceptors (Lipinski definition) is 6. The van der Waals surface area contributed by atoms with E-state index in [2.05, 4.69) is 17.4 Å². The number of carboxylic acids is 2. The minimum Gasteiger partial charge on any atom is -0.485 e. The highest BCUT2D eigenvalue weighted by Gasteiger charge is 2.76. The van der Waals surface area contributed by atoms with Gasteiger partial charge in [0.1, 0.15) is 24.4 Å². The molecule has 2 saturated carbocycles. The molecule has 2 heterocycles. The first kappa shape index (κ1) is 33.5. The number of piperidine rings is 1. The van der Waals surface area contributed by atoms with E-state index in [9.17, 15) is 14.7 Å². The number of halogens is 1. The molecule has 3 aromatic rings. The summed E-state index contributed by atoms with van der Waals surface area (Å²) < 4.78 is 30.5. The van der Waals surface area contributed by atoms with E-state index in [1.54, 1.807) is 20.8 Å². The van der Waals surface area contributed by atoms with Gasteiger partial charge in [0.05, 0.1) is 10.8 Å². The molecule has 0 aromatic heterocycles. The zero-order valence-corrected chi connectivity index (χ0v) is 28.5. The topological polar surface area (TPSA) is 108 Å². The summed E-state index contributed by atoms with van der Waals surface area (Å²) in [7, 11) is 0. The molecule has 9 heteroatoms. The molecule has 0 radical (unpaired) electrons. The number of carbonyl (C=O) groups is 2. The Labute approximate surface area is 287 Å². The van der Waals surface area contributed by atoms with Gasteiger partial charge in [-0.25, -0.2) is 4.39 Å². The molecule has 8 nitrogen and oxygen atoms in total. The summed E-state index contributed by atoms with van der Waals surface area (Å²) in [6.45, 7) is 6.78. The molecule has 0 unspecified atom stereocenters. The number of ether oxygens (including phenoxy) is 2. The predicted molar refractivity (Wildman–Crippen MR) is 183 cm³/mol. The van der Waals surface area contributed by atoms with E-state index in [4.69, 9.17) is 14.6 Å². The van der Waals surface area contributed by atoms with Gasteiger partial charge in [0.2, 0.25) is 0 Å². The Morgan fingerprint density at radius 2 is 1.61 bits per heavy atom. The van der Waals surface area contributed by atoms with Crippen LogP contribution in [-0.2, 0) is 34.6 Å². The normalized spacial score (nSPS) is 29.6. The second-order valence-electron chi connectivity index (χ2n) is 15.6. The van der Waals surface area contributed by atoms with Crippen LogP contribution in [-0.4, -0.2) is 64.0 Å². The highest BCUT2D eigenvalue weighted by molar-refractivity contribution is 5.83. The van der Waals surface area contributed by atoms with Crippen molar-refractivity contribution in [1.29, 1.82) is 0 Å². The first-order chi connectivity index (χ1) is 23.5. The van der Waals surface area contributed by atoms with Crippen LogP contribution in [0.1, 0.15) is 68.7 Å². The Morgan fingerprint density at radius 3 is 2.22 bits per heavy atom. The number of aliphatic carboxylic acids is 2. The lowest BCUT2D eigenvalue weighted by molar-refractivity contribution is -0.187. The molecule has 49 heavy (non-hydrogen) atoms. The monoisotopic (exact) mass is 670 g/mol. The molecule has 260 valence electrons. The minimum absolute atomic E-state index is 0.124. The van der Waals surface area contributed by atoms with Crippen LogP contribution < -0.4 is 14.8 Å². The van der Waals surface area contributed by atoms with E-state index < -0.39 is 40.6 Å². The molecular formula is C40H47FN2O6. The third-order valence-electron chi connectivity index (χ3n) is 11.4. The summed E-state index contributed by atoms with van der Waals surface area (Å²) in [4.78, 5) is 25.5. The van der Waals surface area contributed by atoms with Crippen LogP contribution in [0.2, 0.25) is 0 Å². The molecule has 5 aliphatic rings. The number of rotatable bonds is 9. The third-order valence-corrected chi connectivity index (χ3v) is 11.4. The lowest BCUT2D eigenvalue weighted by Crippen LogP contribution is -2.79. The molecule has 6 atom stereocenters. The number of carboxylic acid groups (broad SMARTS) is 2. The van der Waals surface area contributed by atoms with Crippen molar-refractivity contribution in [1.82, 2.24) is 10.2 Å². The lowest BCUT2D eigenvalue weighted by Gasteiger charge is -2.64. The van der Waals surface area contributed by atoms with Crippen molar-refractivity contribution in [2.45, 2.75) is 95.3 Å². The van der Waals surface area contributed by atoms with Crippen LogP contribution in [0.4, 0.5) is 4.39 Å². The standard InChI is InChI=1S/C35H37FN2O4.C5H10O2/c36-29-20-38(19-23-11-12-23)34(33(39)40)17-25-13-15-27(41-21-24-9-5-2-6-10-24)31-30(25)35(29)28(34)16-14-26(32(35)42-31)37-18-22-7-3-1-4-8-22;1-5(2,3)4(6)7/h1-10,13,15,23,26,28-29,32,37H,11-12,14,16-21H2,(H,39,40);1-3H3,(H,6,7)/t26-,28-,29-,32+,34-,35-;/m1./s1. The van der Waals surface area contributed by atoms with E-state index in [1.165, 1.54) is 0 Å². The van der Waals surface area contributed by atoms with Crippen molar-refractivity contribution < 1.29 is 33.7 Å². The van der Waals surface area contributed by atoms with Gasteiger partial charge in [0.15, 0.2) is 11.5 Å². The average Bonchev–Trinajstić information content (AvgIpc) is 3.83. The van der Waals surface area contributed by atoms with Crippen LogP contribution in [0.5, 0.6) is 11.5 Å². The van der Waals surface area contributed by atoms with Gasteiger partial charge in [-0.1, -0.05) is 66.7 Å². The number of likely N-dealkylation sites (tertiary alicyclic amines) is 1. The fourth-order valence-corrected chi connectivity index (χ4v) is 8.79. The van der Waals surface area contributed by atoms with Crippen LogP contribution in [0.3, 0.4) is 0 Å². The van der Waals surface area contributed by atoms with Gasteiger partial charge in [0.25, 0.3) is 0 Å². The zero-order chi connectivity index (χ0) is 34.6. The maximum atomic E-state index is 17.2. The van der Waals surface area contributed by atoms with Crippen molar-refractivity contribution >= 4 is 11.9 Å². The largest absolute Gasteiger partial charge is 0.485 e. The molecule has 1 saturated heterocycles. The van der Waals surface area contributed by atoms with E-state index >= 15 is 4.39 Å². The molecule has 1 spiro atoms. The summed E-state index contributed by atoms with van der Waals surface area (Å²) in [6.07, 6.45) is 2.16. The average molecular weight is 671 g/mol. The van der Waals surface area contributed by atoms with Crippen molar-refractivity contribution in [2.75, 3.05) is 13.1 Å². The predicted octanol–water partition coefficient (Wildman–Crippen LogP) is 6.39. The van der Waals surface area contributed by atoms with Gasteiger partial charge in [-0.05, 0) is 75.1 Å². The van der Waals surface area contributed by atoms with Crippen molar-refractivity contribution in [3.8, 4) is 11.5 Å². The Kier molecular flexibility index (Phi) is 8.72. The smallest absolute Gasteiger partial charge is 0.324 e. The fourth-order valence-electron chi connectivity index (χ4n) is 8.79. The lowest BCUT2D eigenvalue weighted by atomic mass is 9.46. The summed E-state index contributed by atoms with van der Waals surface area (Å²) >= 11 is 0. The molecule has 3 N–H and O–H groups in total. The SMILES string of the molecule is CC(C)(C)C(=O)O.O=C(O)[C@]12Cc3ccc(OCc4ccccc4)c4c3[C@@]3([C@H](F)CN1CC1CC1)[C@@H](O4)[C@H](NCc1ccccc1)CC[C@@H]32. The van der Waals surface area contributed by atoms with E-state index in [-0.39, 0.29) is 18.5 Å². The summed E-state index contributed by atoms with van der Waals surface area (Å²) in [5, 5.41) is 23.0. The Hall–Kier alpha value is -3.95. The maximum absolute atomic E-state index is 17.2. The zero-order valence-electron chi connectivity index (χ0n) is 28.5. The van der Waals surface area contributed by atoms with Gasteiger partial charge in [0, 0.05) is 43.6 Å². The molecular weight excluding hydrogens is 623 g/mol. The number of nitrogens with one attached hydrogen (secondary N) is 1. The molecule has 0 amide bonds. The van der Waals surface area contributed by atoms with Crippen LogP contribution >= 0.6 is 0 Å². The minimum atomic E-state index is -1.25. The van der Waals surface area contributed by atoms with Crippen molar-refractivity contribution in [2.24, 2.45) is 17.3 Å². The molecule has 3 fully saturated rings. The first-order valence-electron chi connectivity index (χ1n) is 17.6. The number of nitrogens with zero attached hydrogens (tertiary/aromatic N) is 1.